The summed E-state index contributed by atoms with van der Waals surface area (Å²) in [7, 11) is 1.57. The van der Waals surface area contributed by atoms with E-state index in [1.54, 1.807) is 19.2 Å². The van der Waals surface area contributed by atoms with Gasteiger partial charge in [-0.25, -0.2) is 4.39 Å². The molecule has 0 saturated heterocycles. The predicted octanol–water partition coefficient (Wildman–Crippen LogP) is 1.95. The molecule has 14 heavy (non-hydrogen) atoms. The monoisotopic (exact) mass is 196 g/mol. The molecule has 0 amide bonds. The van der Waals surface area contributed by atoms with Crippen LogP contribution in [0.1, 0.15) is 24.0 Å². The van der Waals surface area contributed by atoms with Gasteiger partial charge in [0, 0.05) is 12.7 Å². The van der Waals surface area contributed by atoms with Crippen molar-refractivity contribution in [3.63, 3.8) is 0 Å². The Labute approximate surface area is 82.3 Å². The molecule has 2 nitrogen and oxygen atoms in total. The first-order valence-electron chi connectivity index (χ1n) is 4.66. The van der Waals surface area contributed by atoms with Crippen LogP contribution in [-0.4, -0.2) is 12.2 Å². The third-order valence-electron chi connectivity index (χ3n) is 2.57. The Morgan fingerprint density at radius 2 is 2.21 bits per heavy atom. The Morgan fingerprint density at radius 3 is 2.71 bits per heavy atom. The first-order chi connectivity index (χ1) is 6.65. The van der Waals surface area contributed by atoms with Crippen LogP contribution in [0.4, 0.5) is 4.39 Å². The van der Waals surface area contributed by atoms with Crippen LogP contribution < -0.4 is 0 Å². The number of ether oxygens (including phenoxy) is 1. The molecule has 0 unspecified atom stereocenters. The van der Waals surface area contributed by atoms with Crippen LogP contribution in [0.2, 0.25) is 0 Å². The molecule has 0 aromatic heterocycles. The summed E-state index contributed by atoms with van der Waals surface area (Å²) in [6.45, 7) is 0.398. The second-order valence-corrected chi connectivity index (χ2v) is 3.78. The van der Waals surface area contributed by atoms with E-state index in [0.29, 0.717) is 25.0 Å². The molecule has 0 heterocycles. The van der Waals surface area contributed by atoms with Crippen LogP contribution in [0, 0.1) is 5.82 Å². The van der Waals surface area contributed by atoms with Crippen molar-refractivity contribution >= 4 is 0 Å². The topological polar surface area (TPSA) is 29.5 Å². The fourth-order valence-corrected chi connectivity index (χ4v) is 1.58. The minimum atomic E-state index is -0.893. The van der Waals surface area contributed by atoms with Crippen molar-refractivity contribution in [2.24, 2.45) is 0 Å². The van der Waals surface area contributed by atoms with Gasteiger partial charge in [-0.1, -0.05) is 12.1 Å². The van der Waals surface area contributed by atoms with Gasteiger partial charge in [-0.3, -0.25) is 0 Å². The molecule has 0 spiro atoms. The van der Waals surface area contributed by atoms with Gasteiger partial charge in [-0.2, -0.15) is 0 Å². The van der Waals surface area contributed by atoms with Crippen molar-refractivity contribution in [3.05, 3.63) is 35.1 Å². The molecule has 1 aliphatic rings. The number of hydrogen-bond donors (Lipinski definition) is 1. The van der Waals surface area contributed by atoms with E-state index in [1.165, 1.54) is 6.07 Å². The minimum absolute atomic E-state index is 0.334. The highest BCUT2D eigenvalue weighted by Gasteiger charge is 2.43. The highest BCUT2D eigenvalue weighted by Crippen LogP contribution is 2.46. The molecule has 3 heteroatoms. The molecule has 0 bridgehead atoms. The second kappa shape index (κ2) is 3.33. The zero-order chi connectivity index (χ0) is 10.2. The van der Waals surface area contributed by atoms with E-state index < -0.39 is 5.60 Å². The lowest BCUT2D eigenvalue weighted by Gasteiger charge is -2.10. The fourth-order valence-electron chi connectivity index (χ4n) is 1.58. The van der Waals surface area contributed by atoms with Crippen LogP contribution in [0.5, 0.6) is 0 Å². The first kappa shape index (κ1) is 9.62. The van der Waals surface area contributed by atoms with E-state index in [0.717, 1.165) is 5.56 Å². The van der Waals surface area contributed by atoms with Gasteiger partial charge in [-0.15, -0.1) is 0 Å². The Balaban J connectivity index is 2.27. The van der Waals surface area contributed by atoms with E-state index in [9.17, 15) is 9.50 Å². The maximum Gasteiger partial charge on any atom is 0.129 e. The van der Waals surface area contributed by atoms with Gasteiger partial charge in [0.15, 0.2) is 0 Å². The number of methoxy groups -OCH3 is 1. The average molecular weight is 196 g/mol. The zero-order valence-corrected chi connectivity index (χ0v) is 8.09. The molecule has 1 N–H and O–H groups in total. The summed E-state index contributed by atoms with van der Waals surface area (Å²) in [6, 6.07) is 4.87. The summed E-state index contributed by atoms with van der Waals surface area (Å²) in [4.78, 5) is 0. The van der Waals surface area contributed by atoms with Gasteiger partial charge >= 0.3 is 0 Å². The number of hydrogen-bond acceptors (Lipinski definition) is 2. The maximum absolute atomic E-state index is 13.5. The molecule has 1 fully saturated rings. The molecule has 0 radical (unpaired) electrons. The highest BCUT2D eigenvalue weighted by molar-refractivity contribution is 5.32. The molecule has 0 atom stereocenters. The Kier molecular flexibility index (Phi) is 2.29. The number of rotatable bonds is 3. The maximum atomic E-state index is 13.5. The van der Waals surface area contributed by atoms with E-state index >= 15 is 0 Å². The van der Waals surface area contributed by atoms with Crippen LogP contribution in [0.15, 0.2) is 18.2 Å². The van der Waals surface area contributed by atoms with Gasteiger partial charge in [0.1, 0.15) is 5.82 Å². The summed E-state index contributed by atoms with van der Waals surface area (Å²) in [6.07, 6.45) is 1.32. The van der Waals surface area contributed by atoms with Crippen molar-refractivity contribution in [2.45, 2.75) is 25.0 Å². The van der Waals surface area contributed by atoms with Crippen molar-refractivity contribution in [1.29, 1.82) is 0 Å². The summed E-state index contributed by atoms with van der Waals surface area (Å²) >= 11 is 0. The van der Waals surface area contributed by atoms with Crippen molar-refractivity contribution in [1.82, 2.24) is 0 Å². The van der Waals surface area contributed by atoms with Gasteiger partial charge in [0.05, 0.1) is 12.2 Å². The Hall–Kier alpha value is -0.930. The number of halogens is 1. The average Bonchev–Trinajstić information content (AvgIpc) is 2.85. The van der Waals surface area contributed by atoms with E-state index in [-0.39, 0.29) is 5.82 Å². The first-order valence-corrected chi connectivity index (χ1v) is 4.66. The summed E-state index contributed by atoms with van der Waals surface area (Å²) in [5.74, 6) is -0.334. The number of benzene rings is 1. The number of aliphatic hydroxyl groups is 1. The van der Waals surface area contributed by atoms with Crippen LogP contribution in [-0.2, 0) is 16.9 Å². The van der Waals surface area contributed by atoms with E-state index in [4.69, 9.17) is 4.74 Å². The molecule has 0 aliphatic heterocycles. The molecule has 2 rings (SSSR count). The summed E-state index contributed by atoms with van der Waals surface area (Å²) < 4.78 is 18.4. The van der Waals surface area contributed by atoms with Gasteiger partial charge in [-0.05, 0) is 24.5 Å². The highest BCUT2D eigenvalue weighted by atomic mass is 19.1. The van der Waals surface area contributed by atoms with E-state index in [2.05, 4.69) is 0 Å². The molecular weight excluding hydrogens is 183 g/mol. The van der Waals surface area contributed by atoms with Gasteiger partial charge in [0.25, 0.3) is 0 Å². The Morgan fingerprint density at radius 1 is 1.50 bits per heavy atom. The normalized spacial score (nSPS) is 18.2. The molecule has 1 aromatic carbocycles. The zero-order valence-electron chi connectivity index (χ0n) is 8.09. The molecule has 1 saturated carbocycles. The quantitative estimate of drug-likeness (QED) is 0.800. The van der Waals surface area contributed by atoms with Gasteiger partial charge < -0.3 is 9.84 Å². The Bertz CT molecular complexity index is 345. The molecular formula is C11H13FO2. The SMILES string of the molecule is COCc1ccc(C2(O)CC2)c(F)c1. The van der Waals surface area contributed by atoms with Crippen molar-refractivity contribution in [3.8, 4) is 0 Å². The van der Waals surface area contributed by atoms with Crippen molar-refractivity contribution < 1.29 is 14.2 Å². The third-order valence-corrected chi connectivity index (χ3v) is 2.57. The summed E-state index contributed by atoms with van der Waals surface area (Å²) in [5.41, 5.74) is 0.311. The van der Waals surface area contributed by atoms with Crippen molar-refractivity contribution in [2.75, 3.05) is 7.11 Å². The lowest BCUT2D eigenvalue weighted by atomic mass is 10.0. The molecule has 1 aliphatic carbocycles. The van der Waals surface area contributed by atoms with Crippen LogP contribution >= 0.6 is 0 Å². The molecule has 1 aromatic rings. The standard InChI is InChI=1S/C11H13FO2/c1-14-7-8-2-3-9(10(12)6-8)11(13)4-5-11/h2-3,6,13H,4-5,7H2,1H3. The lowest BCUT2D eigenvalue weighted by molar-refractivity contribution is 0.146. The van der Waals surface area contributed by atoms with Crippen LogP contribution in [0.25, 0.3) is 0 Å². The smallest absolute Gasteiger partial charge is 0.129 e. The lowest BCUT2D eigenvalue weighted by Crippen LogP contribution is -2.07. The third kappa shape index (κ3) is 1.65. The largest absolute Gasteiger partial charge is 0.385 e. The summed E-state index contributed by atoms with van der Waals surface area (Å²) in [5, 5.41) is 9.73. The fraction of sp³-hybridized carbons (Fsp3) is 0.455. The minimum Gasteiger partial charge on any atom is -0.385 e. The molecule has 76 valence electrons. The van der Waals surface area contributed by atoms with Gasteiger partial charge in [0.2, 0.25) is 0 Å². The second-order valence-electron chi connectivity index (χ2n) is 3.78. The predicted molar refractivity (Wildman–Crippen MR) is 50.2 cm³/mol. The van der Waals surface area contributed by atoms with E-state index in [1.807, 2.05) is 0 Å². The van der Waals surface area contributed by atoms with Crippen LogP contribution in [0.3, 0.4) is 0 Å².